The fourth-order valence-corrected chi connectivity index (χ4v) is 3.62. The Labute approximate surface area is 112 Å². The van der Waals surface area contributed by atoms with Crippen molar-refractivity contribution in [2.24, 2.45) is 17.3 Å². The molecule has 0 amide bonds. The summed E-state index contributed by atoms with van der Waals surface area (Å²) in [6.07, 6.45) is 4.69. The molecule has 18 heavy (non-hydrogen) atoms. The molecule has 0 aromatic carbocycles. The molecule has 1 atom stereocenters. The van der Waals surface area contributed by atoms with Crippen molar-refractivity contribution in [2.45, 2.75) is 45.6 Å². The standard InChI is InChI=1S/C14H20N2OS/c1-10(2)11-3-5-14(8-15,6-4-11)13(17)12-7-16-9-18-12/h7,9-11,13,17H,3-6H2,1-2H3. The molecule has 1 aromatic rings. The van der Waals surface area contributed by atoms with E-state index in [4.69, 9.17) is 0 Å². The summed E-state index contributed by atoms with van der Waals surface area (Å²) in [5.74, 6) is 1.36. The minimum absolute atomic E-state index is 0.599. The fourth-order valence-electron chi connectivity index (χ4n) is 2.90. The lowest BCUT2D eigenvalue weighted by Gasteiger charge is -2.39. The first-order valence-corrected chi connectivity index (χ1v) is 7.45. The molecule has 2 rings (SSSR count). The van der Waals surface area contributed by atoms with Crippen LogP contribution in [0.1, 0.15) is 50.5 Å². The van der Waals surface area contributed by atoms with Crippen LogP contribution in [0.5, 0.6) is 0 Å². The van der Waals surface area contributed by atoms with Gasteiger partial charge >= 0.3 is 0 Å². The summed E-state index contributed by atoms with van der Waals surface area (Å²) in [7, 11) is 0. The smallest absolute Gasteiger partial charge is 0.108 e. The molecule has 98 valence electrons. The van der Waals surface area contributed by atoms with E-state index in [0.717, 1.165) is 30.6 Å². The van der Waals surface area contributed by atoms with Gasteiger partial charge < -0.3 is 5.11 Å². The monoisotopic (exact) mass is 264 g/mol. The third-order valence-electron chi connectivity index (χ3n) is 4.33. The average molecular weight is 264 g/mol. The van der Waals surface area contributed by atoms with E-state index >= 15 is 0 Å². The minimum Gasteiger partial charge on any atom is -0.386 e. The lowest BCUT2D eigenvalue weighted by molar-refractivity contribution is 0.0212. The van der Waals surface area contributed by atoms with Gasteiger partial charge in [-0.1, -0.05) is 13.8 Å². The highest BCUT2D eigenvalue weighted by Crippen LogP contribution is 2.49. The zero-order chi connectivity index (χ0) is 13.2. The van der Waals surface area contributed by atoms with E-state index in [2.05, 4.69) is 24.9 Å². The SMILES string of the molecule is CC(C)C1CCC(C#N)(C(O)c2cncs2)CC1. The van der Waals surface area contributed by atoms with Crippen molar-refractivity contribution in [1.29, 1.82) is 5.26 Å². The molecule has 0 radical (unpaired) electrons. The van der Waals surface area contributed by atoms with E-state index in [1.807, 2.05) is 0 Å². The minimum atomic E-state index is -0.678. The van der Waals surface area contributed by atoms with Gasteiger partial charge in [-0.25, -0.2) is 0 Å². The van der Waals surface area contributed by atoms with Crippen molar-refractivity contribution < 1.29 is 5.11 Å². The van der Waals surface area contributed by atoms with Crippen molar-refractivity contribution in [3.05, 3.63) is 16.6 Å². The molecular formula is C14H20N2OS. The van der Waals surface area contributed by atoms with E-state index in [1.165, 1.54) is 11.3 Å². The number of hydrogen-bond acceptors (Lipinski definition) is 4. The average Bonchev–Trinajstić information content (AvgIpc) is 2.91. The van der Waals surface area contributed by atoms with Gasteiger partial charge in [-0.3, -0.25) is 4.98 Å². The second-order valence-corrected chi connectivity index (χ2v) is 6.57. The molecule has 3 nitrogen and oxygen atoms in total. The molecule has 0 spiro atoms. The molecule has 1 unspecified atom stereocenters. The number of aliphatic hydroxyl groups is 1. The van der Waals surface area contributed by atoms with Crippen molar-refractivity contribution >= 4 is 11.3 Å². The maximum atomic E-state index is 10.5. The number of rotatable bonds is 3. The van der Waals surface area contributed by atoms with Crippen LogP contribution in [0.15, 0.2) is 11.7 Å². The van der Waals surface area contributed by atoms with Crippen molar-refractivity contribution in [3.63, 3.8) is 0 Å². The Kier molecular flexibility index (Phi) is 4.04. The van der Waals surface area contributed by atoms with Gasteiger partial charge in [-0.15, -0.1) is 11.3 Å². The van der Waals surface area contributed by atoms with Crippen molar-refractivity contribution in [1.82, 2.24) is 4.98 Å². The van der Waals surface area contributed by atoms with E-state index in [1.54, 1.807) is 11.7 Å². The Hall–Kier alpha value is -0.920. The van der Waals surface area contributed by atoms with Crippen LogP contribution in [0.4, 0.5) is 0 Å². The highest BCUT2D eigenvalue weighted by Gasteiger charge is 2.43. The Balaban J connectivity index is 2.12. The maximum absolute atomic E-state index is 10.5. The zero-order valence-corrected chi connectivity index (χ0v) is 11.8. The first-order chi connectivity index (χ1) is 8.59. The lowest BCUT2D eigenvalue weighted by atomic mass is 9.66. The van der Waals surface area contributed by atoms with Crippen LogP contribution in [-0.2, 0) is 0 Å². The van der Waals surface area contributed by atoms with Gasteiger partial charge in [-0.05, 0) is 37.5 Å². The van der Waals surface area contributed by atoms with Gasteiger partial charge in [0.1, 0.15) is 6.10 Å². The van der Waals surface area contributed by atoms with Gasteiger partial charge in [-0.2, -0.15) is 5.26 Å². The number of hydrogen-bond donors (Lipinski definition) is 1. The van der Waals surface area contributed by atoms with E-state index in [-0.39, 0.29) is 0 Å². The third-order valence-corrected chi connectivity index (χ3v) is 5.16. The van der Waals surface area contributed by atoms with Crippen LogP contribution >= 0.6 is 11.3 Å². The van der Waals surface area contributed by atoms with Crippen LogP contribution in [0.3, 0.4) is 0 Å². The predicted octanol–water partition coefficient (Wildman–Crippen LogP) is 3.53. The summed E-state index contributed by atoms with van der Waals surface area (Å²) < 4.78 is 0. The number of nitriles is 1. The first kappa shape index (κ1) is 13.5. The van der Waals surface area contributed by atoms with Gasteiger partial charge in [0, 0.05) is 6.20 Å². The third kappa shape index (κ3) is 2.43. The molecular weight excluding hydrogens is 244 g/mol. The molecule has 1 aliphatic carbocycles. The lowest BCUT2D eigenvalue weighted by Crippen LogP contribution is -2.33. The van der Waals surface area contributed by atoms with Crippen LogP contribution < -0.4 is 0 Å². The van der Waals surface area contributed by atoms with E-state index in [9.17, 15) is 10.4 Å². The molecule has 1 heterocycles. The molecule has 1 N–H and O–H groups in total. The summed E-state index contributed by atoms with van der Waals surface area (Å²) in [6, 6.07) is 2.39. The van der Waals surface area contributed by atoms with Crippen LogP contribution in [0.2, 0.25) is 0 Å². The Morgan fingerprint density at radius 3 is 2.61 bits per heavy atom. The molecule has 1 aliphatic rings. The van der Waals surface area contributed by atoms with Gasteiger partial charge in [0.05, 0.1) is 21.9 Å². The molecule has 4 heteroatoms. The summed E-state index contributed by atoms with van der Waals surface area (Å²) >= 11 is 1.43. The van der Waals surface area contributed by atoms with E-state index < -0.39 is 11.5 Å². The molecule has 1 aromatic heterocycles. The molecule has 0 bridgehead atoms. The van der Waals surface area contributed by atoms with Crippen LogP contribution in [0.25, 0.3) is 0 Å². The normalized spacial score (nSPS) is 30.1. The maximum Gasteiger partial charge on any atom is 0.108 e. The number of aromatic nitrogens is 1. The summed E-state index contributed by atoms with van der Waals surface area (Å²) in [5, 5.41) is 20.0. The second kappa shape index (κ2) is 5.38. The summed E-state index contributed by atoms with van der Waals surface area (Å²) in [5.41, 5.74) is 1.11. The predicted molar refractivity (Wildman–Crippen MR) is 71.9 cm³/mol. The zero-order valence-electron chi connectivity index (χ0n) is 11.0. The quantitative estimate of drug-likeness (QED) is 0.908. The second-order valence-electron chi connectivity index (χ2n) is 5.66. The summed E-state index contributed by atoms with van der Waals surface area (Å²) in [4.78, 5) is 4.81. The van der Waals surface area contributed by atoms with E-state index in [0.29, 0.717) is 11.8 Å². The largest absolute Gasteiger partial charge is 0.386 e. The molecule has 0 aliphatic heterocycles. The Bertz CT molecular complexity index is 414. The molecule has 1 saturated carbocycles. The number of aliphatic hydroxyl groups excluding tert-OH is 1. The number of thiazole rings is 1. The van der Waals surface area contributed by atoms with Crippen molar-refractivity contribution in [2.75, 3.05) is 0 Å². The molecule has 1 fully saturated rings. The van der Waals surface area contributed by atoms with Crippen molar-refractivity contribution in [3.8, 4) is 6.07 Å². The highest BCUT2D eigenvalue weighted by atomic mass is 32.1. The van der Waals surface area contributed by atoms with Crippen LogP contribution in [-0.4, -0.2) is 10.1 Å². The Morgan fingerprint density at radius 1 is 1.50 bits per heavy atom. The van der Waals surface area contributed by atoms with Gasteiger partial charge in [0.2, 0.25) is 0 Å². The fraction of sp³-hybridized carbons (Fsp3) is 0.714. The van der Waals surface area contributed by atoms with Crippen LogP contribution in [0, 0.1) is 28.6 Å². The Morgan fingerprint density at radius 2 is 2.17 bits per heavy atom. The van der Waals surface area contributed by atoms with Gasteiger partial charge in [0.25, 0.3) is 0 Å². The topological polar surface area (TPSA) is 56.9 Å². The summed E-state index contributed by atoms with van der Waals surface area (Å²) in [6.45, 7) is 4.48. The molecule has 0 saturated heterocycles. The highest BCUT2D eigenvalue weighted by molar-refractivity contribution is 7.09. The van der Waals surface area contributed by atoms with Gasteiger partial charge in [0.15, 0.2) is 0 Å². The first-order valence-electron chi connectivity index (χ1n) is 6.57. The number of nitrogens with zero attached hydrogens (tertiary/aromatic N) is 2.